The van der Waals surface area contributed by atoms with Gasteiger partial charge in [0.05, 0.1) is 20.4 Å². The van der Waals surface area contributed by atoms with Crippen LogP contribution in [0, 0.1) is 6.92 Å². The van der Waals surface area contributed by atoms with Crippen LogP contribution in [0.15, 0.2) is 64.1 Å². The van der Waals surface area contributed by atoms with Crippen molar-refractivity contribution in [2.45, 2.75) is 13.5 Å². The van der Waals surface area contributed by atoms with Gasteiger partial charge in [-0.25, -0.2) is 10.2 Å². The van der Waals surface area contributed by atoms with Crippen molar-refractivity contribution >= 4 is 29.7 Å². The number of nitrogens with zero attached hydrogens (tertiary/aromatic N) is 1. The molecule has 3 aromatic rings. The monoisotopic (exact) mass is 465 g/mol. The minimum atomic E-state index is -0.909. The molecule has 1 aromatic heterocycles. The van der Waals surface area contributed by atoms with Crippen LogP contribution in [0.2, 0.25) is 0 Å². The SMILES string of the molecule is COC(=O)c1ccc(COc2ccc(/C=N/NC(=O)C(=O)Nc3ccc(C)cc3)cc2OC)o1. The smallest absolute Gasteiger partial charge is 0.373 e. The van der Waals surface area contributed by atoms with Gasteiger partial charge < -0.3 is 23.9 Å². The molecule has 2 N–H and O–H groups in total. The van der Waals surface area contributed by atoms with E-state index in [9.17, 15) is 14.4 Å². The van der Waals surface area contributed by atoms with E-state index in [1.165, 1.54) is 26.5 Å². The third kappa shape index (κ3) is 6.45. The normalized spacial score (nSPS) is 10.6. The van der Waals surface area contributed by atoms with E-state index >= 15 is 0 Å². The minimum absolute atomic E-state index is 0.0624. The number of aryl methyl sites for hydroxylation is 1. The summed E-state index contributed by atoms with van der Waals surface area (Å²) >= 11 is 0. The summed E-state index contributed by atoms with van der Waals surface area (Å²) in [5.74, 6) is -0.977. The molecule has 0 aliphatic carbocycles. The zero-order valence-corrected chi connectivity index (χ0v) is 18.8. The van der Waals surface area contributed by atoms with E-state index in [1.54, 1.807) is 36.4 Å². The second-order valence-corrected chi connectivity index (χ2v) is 6.98. The number of hydrogen-bond donors (Lipinski definition) is 2. The number of rotatable bonds is 8. The maximum Gasteiger partial charge on any atom is 0.373 e. The molecule has 0 spiro atoms. The quantitative estimate of drug-likeness (QED) is 0.226. The number of hydrogen-bond acceptors (Lipinski definition) is 8. The van der Waals surface area contributed by atoms with Gasteiger partial charge in [-0.3, -0.25) is 9.59 Å². The number of hydrazone groups is 1. The maximum atomic E-state index is 12.0. The molecule has 0 fully saturated rings. The summed E-state index contributed by atoms with van der Waals surface area (Å²) in [6.45, 7) is 1.98. The van der Waals surface area contributed by atoms with Gasteiger partial charge in [0.15, 0.2) is 11.5 Å². The Kier molecular flexibility index (Phi) is 8.01. The Hall–Kier alpha value is -4.60. The number of benzene rings is 2. The number of esters is 1. The molecule has 3 rings (SSSR count). The Morgan fingerprint density at radius 2 is 1.74 bits per heavy atom. The van der Waals surface area contributed by atoms with Crippen LogP contribution >= 0.6 is 0 Å². The molecule has 10 heteroatoms. The van der Waals surface area contributed by atoms with Crippen molar-refractivity contribution < 1.29 is 33.0 Å². The van der Waals surface area contributed by atoms with Gasteiger partial charge >= 0.3 is 17.8 Å². The summed E-state index contributed by atoms with van der Waals surface area (Å²) in [5, 5.41) is 6.29. The van der Waals surface area contributed by atoms with Crippen molar-refractivity contribution in [3.05, 3.63) is 77.2 Å². The van der Waals surface area contributed by atoms with Gasteiger partial charge in [-0.2, -0.15) is 5.10 Å². The number of ether oxygens (including phenoxy) is 3. The van der Waals surface area contributed by atoms with Gasteiger partial charge in [0, 0.05) is 5.69 Å². The Morgan fingerprint density at radius 3 is 2.44 bits per heavy atom. The Balaban J connectivity index is 1.55. The lowest BCUT2D eigenvalue weighted by Crippen LogP contribution is -2.32. The van der Waals surface area contributed by atoms with E-state index in [1.807, 2.05) is 19.1 Å². The molecular formula is C24H23N3O7. The molecule has 176 valence electrons. The maximum absolute atomic E-state index is 12.0. The zero-order valence-electron chi connectivity index (χ0n) is 18.8. The van der Waals surface area contributed by atoms with Crippen molar-refractivity contribution in [1.29, 1.82) is 0 Å². The molecule has 2 amide bonds. The van der Waals surface area contributed by atoms with Gasteiger partial charge in [0.25, 0.3) is 0 Å². The first kappa shape index (κ1) is 24.1. The van der Waals surface area contributed by atoms with Gasteiger partial charge in [-0.1, -0.05) is 17.7 Å². The first-order valence-electron chi connectivity index (χ1n) is 10.1. The zero-order chi connectivity index (χ0) is 24.5. The molecule has 0 bridgehead atoms. The number of nitrogens with one attached hydrogen (secondary N) is 2. The molecule has 0 saturated carbocycles. The summed E-state index contributed by atoms with van der Waals surface area (Å²) in [6.07, 6.45) is 1.36. The van der Waals surface area contributed by atoms with Crippen molar-refractivity contribution in [3.63, 3.8) is 0 Å². The highest BCUT2D eigenvalue weighted by Gasteiger charge is 2.14. The molecular weight excluding hydrogens is 442 g/mol. The fourth-order valence-corrected chi connectivity index (χ4v) is 2.74. The number of methoxy groups -OCH3 is 2. The predicted octanol–water partition coefficient (Wildman–Crippen LogP) is 3.05. The molecule has 0 unspecified atom stereocenters. The van der Waals surface area contributed by atoms with Crippen LogP contribution in [-0.2, 0) is 20.9 Å². The van der Waals surface area contributed by atoms with Crippen molar-refractivity contribution in [1.82, 2.24) is 5.43 Å². The number of carbonyl (C=O) groups is 3. The number of furan rings is 1. The lowest BCUT2D eigenvalue weighted by Gasteiger charge is -2.10. The Labute approximate surface area is 195 Å². The molecule has 0 radical (unpaired) electrons. The van der Waals surface area contributed by atoms with Gasteiger partial charge in [0.1, 0.15) is 12.4 Å². The van der Waals surface area contributed by atoms with E-state index in [0.717, 1.165) is 5.56 Å². The third-order valence-electron chi connectivity index (χ3n) is 4.50. The first-order valence-corrected chi connectivity index (χ1v) is 10.1. The average molecular weight is 465 g/mol. The highest BCUT2D eigenvalue weighted by Crippen LogP contribution is 2.28. The number of amides is 2. The van der Waals surface area contributed by atoms with E-state index in [-0.39, 0.29) is 12.4 Å². The van der Waals surface area contributed by atoms with Crippen molar-refractivity contribution in [2.24, 2.45) is 5.10 Å². The summed E-state index contributed by atoms with van der Waals surface area (Å²) in [6, 6.07) is 15.1. The van der Waals surface area contributed by atoms with E-state index in [2.05, 4.69) is 20.6 Å². The lowest BCUT2D eigenvalue weighted by molar-refractivity contribution is -0.136. The number of anilines is 1. The van der Waals surface area contributed by atoms with Crippen LogP contribution in [0.25, 0.3) is 0 Å². The summed E-state index contributed by atoms with van der Waals surface area (Å²) in [4.78, 5) is 35.4. The molecule has 0 saturated heterocycles. The van der Waals surface area contributed by atoms with Crippen LogP contribution in [0.5, 0.6) is 11.5 Å². The van der Waals surface area contributed by atoms with Crippen LogP contribution in [0.1, 0.15) is 27.4 Å². The third-order valence-corrected chi connectivity index (χ3v) is 4.50. The van der Waals surface area contributed by atoms with E-state index in [0.29, 0.717) is 28.5 Å². The highest BCUT2D eigenvalue weighted by atomic mass is 16.5. The topological polar surface area (TPSA) is 128 Å². The van der Waals surface area contributed by atoms with E-state index < -0.39 is 17.8 Å². The molecule has 2 aromatic carbocycles. The molecule has 1 heterocycles. The molecule has 34 heavy (non-hydrogen) atoms. The second-order valence-electron chi connectivity index (χ2n) is 6.98. The second kappa shape index (κ2) is 11.3. The summed E-state index contributed by atoms with van der Waals surface area (Å²) in [5.41, 5.74) is 4.31. The Morgan fingerprint density at radius 1 is 0.971 bits per heavy atom. The van der Waals surface area contributed by atoms with Gasteiger partial charge in [-0.05, 0) is 55.0 Å². The fraction of sp³-hybridized carbons (Fsp3) is 0.167. The van der Waals surface area contributed by atoms with Crippen LogP contribution in [0.4, 0.5) is 5.69 Å². The van der Waals surface area contributed by atoms with Crippen molar-refractivity contribution in [2.75, 3.05) is 19.5 Å². The van der Waals surface area contributed by atoms with E-state index in [4.69, 9.17) is 13.9 Å². The standard InChI is InChI=1S/C24H23N3O7/c1-15-4-7-17(8-5-15)26-22(28)23(29)27-25-13-16-6-10-19(21(12-16)31-2)33-14-18-9-11-20(34-18)24(30)32-3/h4-13H,14H2,1-3H3,(H,26,28)(H,27,29)/b25-13+. The molecule has 0 aliphatic heterocycles. The van der Waals surface area contributed by atoms with Crippen LogP contribution in [-0.4, -0.2) is 38.2 Å². The number of carbonyl (C=O) groups excluding carboxylic acids is 3. The van der Waals surface area contributed by atoms with Gasteiger partial charge in [0.2, 0.25) is 5.76 Å². The largest absolute Gasteiger partial charge is 0.493 e. The van der Waals surface area contributed by atoms with Crippen molar-refractivity contribution in [3.8, 4) is 11.5 Å². The van der Waals surface area contributed by atoms with Gasteiger partial charge in [-0.15, -0.1) is 0 Å². The fourth-order valence-electron chi connectivity index (χ4n) is 2.74. The first-order chi connectivity index (χ1) is 16.4. The highest BCUT2D eigenvalue weighted by molar-refractivity contribution is 6.39. The summed E-state index contributed by atoms with van der Waals surface area (Å²) < 4.78 is 21.0. The summed E-state index contributed by atoms with van der Waals surface area (Å²) in [7, 11) is 2.74. The molecule has 0 atom stereocenters. The van der Waals surface area contributed by atoms with Crippen LogP contribution < -0.4 is 20.2 Å². The lowest BCUT2D eigenvalue weighted by atomic mass is 10.2. The molecule has 10 nitrogen and oxygen atoms in total. The minimum Gasteiger partial charge on any atom is -0.493 e. The predicted molar refractivity (Wildman–Crippen MR) is 123 cm³/mol. The molecule has 0 aliphatic rings. The Bertz CT molecular complexity index is 1200. The van der Waals surface area contributed by atoms with Crippen LogP contribution in [0.3, 0.4) is 0 Å². The average Bonchev–Trinajstić information content (AvgIpc) is 3.33.